The molecule has 0 unspecified atom stereocenters. The van der Waals surface area contributed by atoms with Gasteiger partial charge in [0.05, 0.1) is 6.20 Å². The maximum Gasteiger partial charge on any atom is 0.270 e. The van der Waals surface area contributed by atoms with Gasteiger partial charge in [-0.25, -0.2) is 4.98 Å². The lowest BCUT2D eigenvalue weighted by Crippen LogP contribution is -2.49. The van der Waals surface area contributed by atoms with Crippen LogP contribution in [0.5, 0.6) is 5.75 Å². The molecule has 4 heterocycles. The van der Waals surface area contributed by atoms with E-state index < -0.39 is 0 Å². The van der Waals surface area contributed by atoms with Crippen molar-refractivity contribution in [3.8, 4) is 5.75 Å². The number of fused-ring (bicyclic) bond motifs is 1. The molecule has 4 rings (SSSR count). The second kappa shape index (κ2) is 7.53. The summed E-state index contributed by atoms with van der Waals surface area (Å²) in [5.41, 5.74) is 1.36. The molecule has 0 radical (unpaired) electrons. The highest BCUT2D eigenvalue weighted by Gasteiger charge is 2.23. The Morgan fingerprint density at radius 2 is 2.00 bits per heavy atom. The van der Waals surface area contributed by atoms with Crippen LogP contribution < -0.4 is 4.74 Å². The Morgan fingerprint density at radius 3 is 2.77 bits per heavy atom. The smallest absolute Gasteiger partial charge is 0.270 e. The molecular weight excluding hydrogens is 330 g/mol. The Labute approximate surface area is 151 Å². The second-order valence-corrected chi connectivity index (χ2v) is 6.30. The van der Waals surface area contributed by atoms with E-state index in [0.29, 0.717) is 25.4 Å². The summed E-state index contributed by atoms with van der Waals surface area (Å²) in [5, 5.41) is 0.960. The zero-order valence-corrected chi connectivity index (χ0v) is 14.5. The Hall–Kier alpha value is -2.93. The van der Waals surface area contributed by atoms with Crippen LogP contribution in [-0.4, -0.2) is 70.0 Å². The van der Waals surface area contributed by atoms with Crippen molar-refractivity contribution in [2.24, 2.45) is 0 Å². The number of aromatic amines is 1. The number of carbonyl (C=O) groups excluding carboxylic acids is 1. The molecule has 7 nitrogen and oxygen atoms in total. The number of nitrogens with one attached hydrogen (secondary N) is 1. The topological polar surface area (TPSA) is 74.4 Å². The van der Waals surface area contributed by atoms with Crippen LogP contribution in [0.25, 0.3) is 11.0 Å². The van der Waals surface area contributed by atoms with E-state index in [4.69, 9.17) is 4.74 Å². The first-order valence-electron chi connectivity index (χ1n) is 8.78. The summed E-state index contributed by atoms with van der Waals surface area (Å²) in [4.78, 5) is 28.3. The van der Waals surface area contributed by atoms with Crippen molar-refractivity contribution in [3.63, 3.8) is 0 Å². The number of carbonyl (C=O) groups is 1. The molecule has 0 aliphatic carbocycles. The van der Waals surface area contributed by atoms with Gasteiger partial charge in [0.25, 0.3) is 5.91 Å². The van der Waals surface area contributed by atoms with E-state index in [1.165, 1.54) is 0 Å². The van der Waals surface area contributed by atoms with Gasteiger partial charge in [0.1, 0.15) is 23.7 Å². The molecule has 1 fully saturated rings. The molecule has 1 N–H and O–H groups in total. The number of aromatic nitrogens is 3. The van der Waals surface area contributed by atoms with Gasteiger partial charge in [-0.15, -0.1) is 0 Å². The van der Waals surface area contributed by atoms with Crippen molar-refractivity contribution in [2.75, 3.05) is 39.3 Å². The minimum Gasteiger partial charge on any atom is -0.491 e. The SMILES string of the molecule is O=C(c1cc2cccnc2[nH]1)N1CCN(CCOc2cccnc2)CC1. The van der Waals surface area contributed by atoms with Crippen LogP contribution in [0.3, 0.4) is 0 Å². The van der Waals surface area contributed by atoms with Gasteiger partial charge in [-0.3, -0.25) is 14.7 Å². The van der Waals surface area contributed by atoms with E-state index in [-0.39, 0.29) is 5.91 Å². The lowest BCUT2D eigenvalue weighted by Gasteiger charge is -2.34. The summed E-state index contributed by atoms with van der Waals surface area (Å²) < 4.78 is 5.69. The third-order valence-electron chi connectivity index (χ3n) is 4.59. The molecule has 1 saturated heterocycles. The minimum absolute atomic E-state index is 0.0364. The maximum absolute atomic E-state index is 12.7. The predicted molar refractivity (Wildman–Crippen MR) is 98.2 cm³/mol. The monoisotopic (exact) mass is 351 g/mol. The Bertz CT molecular complexity index is 839. The van der Waals surface area contributed by atoms with E-state index in [2.05, 4.69) is 19.9 Å². The lowest BCUT2D eigenvalue weighted by molar-refractivity contribution is 0.0615. The van der Waals surface area contributed by atoms with Crippen LogP contribution in [0.4, 0.5) is 0 Å². The fraction of sp³-hybridized carbons (Fsp3) is 0.316. The molecular formula is C19H21N5O2. The van der Waals surface area contributed by atoms with Crippen LogP contribution in [0.1, 0.15) is 10.5 Å². The Kier molecular flexibility index (Phi) is 4.79. The summed E-state index contributed by atoms with van der Waals surface area (Å²) in [5.74, 6) is 0.822. The first-order valence-corrected chi connectivity index (χ1v) is 8.78. The van der Waals surface area contributed by atoms with E-state index in [0.717, 1.165) is 36.4 Å². The van der Waals surface area contributed by atoms with Crippen LogP contribution >= 0.6 is 0 Å². The van der Waals surface area contributed by atoms with E-state index >= 15 is 0 Å². The van der Waals surface area contributed by atoms with Crippen molar-refractivity contribution in [1.29, 1.82) is 0 Å². The molecule has 1 amide bonds. The summed E-state index contributed by atoms with van der Waals surface area (Å²) in [6.07, 6.45) is 5.16. The van der Waals surface area contributed by atoms with Crippen molar-refractivity contribution >= 4 is 16.9 Å². The number of hydrogen-bond donors (Lipinski definition) is 1. The molecule has 0 atom stereocenters. The normalized spacial score (nSPS) is 15.3. The van der Waals surface area contributed by atoms with Crippen LogP contribution in [0.2, 0.25) is 0 Å². The second-order valence-electron chi connectivity index (χ2n) is 6.30. The highest BCUT2D eigenvalue weighted by molar-refractivity contribution is 5.97. The highest BCUT2D eigenvalue weighted by Crippen LogP contribution is 2.15. The summed E-state index contributed by atoms with van der Waals surface area (Å²) >= 11 is 0. The van der Waals surface area contributed by atoms with Crippen LogP contribution in [0, 0.1) is 0 Å². The van der Waals surface area contributed by atoms with Crippen LogP contribution in [0.15, 0.2) is 48.9 Å². The molecule has 0 saturated carbocycles. The minimum atomic E-state index is 0.0364. The quantitative estimate of drug-likeness (QED) is 0.759. The molecule has 0 spiro atoms. The summed E-state index contributed by atoms with van der Waals surface area (Å²) in [7, 11) is 0. The molecule has 0 aromatic carbocycles. The molecule has 134 valence electrons. The molecule has 0 bridgehead atoms. The van der Waals surface area contributed by atoms with Crippen molar-refractivity contribution in [1.82, 2.24) is 24.8 Å². The first-order chi connectivity index (χ1) is 12.8. The number of nitrogens with zero attached hydrogens (tertiary/aromatic N) is 4. The average molecular weight is 351 g/mol. The van der Waals surface area contributed by atoms with Gasteiger partial charge in [0.15, 0.2) is 0 Å². The Balaban J connectivity index is 1.27. The Morgan fingerprint density at radius 1 is 1.15 bits per heavy atom. The number of hydrogen-bond acceptors (Lipinski definition) is 5. The van der Waals surface area contributed by atoms with Gasteiger partial charge in [-0.2, -0.15) is 0 Å². The number of H-pyrrole nitrogens is 1. The largest absolute Gasteiger partial charge is 0.491 e. The summed E-state index contributed by atoms with van der Waals surface area (Å²) in [6.45, 7) is 4.59. The highest BCUT2D eigenvalue weighted by atomic mass is 16.5. The number of piperazine rings is 1. The van der Waals surface area contributed by atoms with Gasteiger partial charge in [0, 0.05) is 50.5 Å². The average Bonchev–Trinajstić information content (AvgIpc) is 3.13. The number of ether oxygens (including phenoxy) is 1. The molecule has 1 aliphatic heterocycles. The van der Waals surface area contributed by atoms with Gasteiger partial charge in [-0.1, -0.05) is 0 Å². The molecule has 3 aromatic heterocycles. The maximum atomic E-state index is 12.7. The zero-order chi connectivity index (χ0) is 17.8. The van der Waals surface area contributed by atoms with E-state index in [9.17, 15) is 4.79 Å². The molecule has 3 aromatic rings. The zero-order valence-electron chi connectivity index (χ0n) is 14.5. The lowest BCUT2D eigenvalue weighted by atomic mass is 10.2. The molecule has 26 heavy (non-hydrogen) atoms. The molecule has 7 heteroatoms. The van der Waals surface area contributed by atoms with Gasteiger partial charge < -0.3 is 14.6 Å². The van der Waals surface area contributed by atoms with Crippen molar-refractivity contribution < 1.29 is 9.53 Å². The van der Waals surface area contributed by atoms with Crippen LogP contribution in [-0.2, 0) is 0 Å². The van der Waals surface area contributed by atoms with Gasteiger partial charge in [0.2, 0.25) is 0 Å². The van der Waals surface area contributed by atoms with E-state index in [1.807, 2.05) is 35.2 Å². The number of rotatable bonds is 5. The van der Waals surface area contributed by atoms with Gasteiger partial charge in [-0.05, 0) is 30.3 Å². The van der Waals surface area contributed by atoms with Gasteiger partial charge >= 0.3 is 0 Å². The number of pyridine rings is 2. The predicted octanol–water partition coefficient (Wildman–Crippen LogP) is 1.79. The summed E-state index contributed by atoms with van der Waals surface area (Å²) in [6, 6.07) is 9.46. The molecule has 1 aliphatic rings. The van der Waals surface area contributed by atoms with E-state index in [1.54, 1.807) is 18.6 Å². The third-order valence-corrected chi connectivity index (χ3v) is 4.59. The fourth-order valence-corrected chi connectivity index (χ4v) is 3.14. The van der Waals surface area contributed by atoms with Crippen molar-refractivity contribution in [2.45, 2.75) is 0 Å². The standard InChI is InChI=1S/C19H21N5O2/c25-19(17-13-15-3-1-6-21-18(15)22-17)24-9-7-23(8-10-24)11-12-26-16-4-2-5-20-14-16/h1-6,13-14H,7-12H2,(H,21,22). The third kappa shape index (κ3) is 3.67. The fourth-order valence-electron chi connectivity index (χ4n) is 3.14. The number of amides is 1. The first kappa shape index (κ1) is 16.5. The van der Waals surface area contributed by atoms with Crippen molar-refractivity contribution in [3.05, 3.63) is 54.6 Å².